The quantitative estimate of drug-likeness (QED) is 0.814. The number of hydrogen-bond donors (Lipinski definition) is 2. The highest BCUT2D eigenvalue weighted by Gasteiger charge is 2.06. The van der Waals surface area contributed by atoms with Crippen molar-refractivity contribution in [1.82, 2.24) is 5.32 Å². The van der Waals surface area contributed by atoms with E-state index < -0.39 is 0 Å². The van der Waals surface area contributed by atoms with E-state index in [1.54, 1.807) is 42.5 Å². The number of benzene rings is 2. The lowest BCUT2D eigenvalue weighted by Gasteiger charge is -2.08. The highest BCUT2D eigenvalue weighted by Crippen LogP contribution is 2.12. The van der Waals surface area contributed by atoms with Gasteiger partial charge in [-0.05, 0) is 35.7 Å². The second-order valence-electron chi connectivity index (χ2n) is 5.45. The molecule has 0 saturated heterocycles. The molecule has 2 amide bonds. The van der Waals surface area contributed by atoms with E-state index in [2.05, 4.69) is 10.6 Å². The van der Waals surface area contributed by atoms with Crippen LogP contribution in [0.1, 0.15) is 24.0 Å². The van der Waals surface area contributed by atoms with E-state index >= 15 is 0 Å². The van der Waals surface area contributed by atoms with Crippen molar-refractivity contribution < 1.29 is 14.0 Å². The van der Waals surface area contributed by atoms with E-state index in [0.29, 0.717) is 24.2 Å². The number of nitriles is 1. The summed E-state index contributed by atoms with van der Waals surface area (Å²) >= 11 is 0. The summed E-state index contributed by atoms with van der Waals surface area (Å²) in [6, 6.07) is 15.2. The molecule has 0 radical (unpaired) electrons. The van der Waals surface area contributed by atoms with Crippen molar-refractivity contribution in [1.29, 1.82) is 5.26 Å². The SMILES string of the molecule is N#CCC(=O)Nc1cccc(CNC(=O)CCc2ccccc2F)c1. The molecule has 0 heterocycles. The molecule has 0 spiro atoms. The van der Waals surface area contributed by atoms with E-state index in [1.165, 1.54) is 6.07 Å². The Bertz CT molecular complexity index is 799. The van der Waals surface area contributed by atoms with Crippen molar-refractivity contribution >= 4 is 17.5 Å². The van der Waals surface area contributed by atoms with Crippen LogP contribution in [0.5, 0.6) is 0 Å². The molecular weight excluding hydrogens is 321 g/mol. The van der Waals surface area contributed by atoms with E-state index in [4.69, 9.17) is 5.26 Å². The predicted octanol–water partition coefficient (Wildman–Crippen LogP) is 2.93. The van der Waals surface area contributed by atoms with E-state index in [0.717, 1.165) is 5.56 Å². The first-order valence-electron chi connectivity index (χ1n) is 7.84. The zero-order valence-electron chi connectivity index (χ0n) is 13.6. The second kappa shape index (κ2) is 9.18. The number of amides is 2. The summed E-state index contributed by atoms with van der Waals surface area (Å²) in [5.74, 6) is -0.869. The molecule has 0 atom stereocenters. The molecule has 0 aliphatic heterocycles. The molecule has 6 heteroatoms. The highest BCUT2D eigenvalue weighted by atomic mass is 19.1. The van der Waals surface area contributed by atoms with Crippen LogP contribution in [0.3, 0.4) is 0 Å². The standard InChI is InChI=1S/C19H18FN3O2/c20-17-7-2-1-5-15(17)8-9-18(24)22-13-14-4-3-6-16(12-14)23-19(25)10-11-21/h1-7,12H,8-10,13H2,(H,22,24)(H,23,25). The molecule has 5 nitrogen and oxygen atoms in total. The zero-order chi connectivity index (χ0) is 18.1. The number of halogens is 1. The number of hydrogen-bond acceptors (Lipinski definition) is 3. The van der Waals surface area contributed by atoms with Gasteiger partial charge in [0.25, 0.3) is 0 Å². The van der Waals surface area contributed by atoms with Gasteiger partial charge >= 0.3 is 0 Å². The van der Waals surface area contributed by atoms with Gasteiger partial charge in [-0.15, -0.1) is 0 Å². The number of aryl methyl sites for hydroxylation is 1. The van der Waals surface area contributed by atoms with E-state index in [9.17, 15) is 14.0 Å². The van der Waals surface area contributed by atoms with Crippen LogP contribution < -0.4 is 10.6 Å². The van der Waals surface area contributed by atoms with Crippen molar-refractivity contribution in [3.05, 3.63) is 65.5 Å². The van der Waals surface area contributed by atoms with Crippen LogP contribution in [0.25, 0.3) is 0 Å². The van der Waals surface area contributed by atoms with Crippen molar-refractivity contribution in [2.75, 3.05) is 5.32 Å². The molecule has 128 valence electrons. The first-order chi connectivity index (χ1) is 12.1. The van der Waals surface area contributed by atoms with Crippen LogP contribution in [0.2, 0.25) is 0 Å². The average molecular weight is 339 g/mol. The Labute approximate surface area is 145 Å². The lowest BCUT2D eigenvalue weighted by atomic mass is 10.1. The lowest BCUT2D eigenvalue weighted by molar-refractivity contribution is -0.121. The monoisotopic (exact) mass is 339 g/mol. The van der Waals surface area contributed by atoms with Crippen molar-refractivity contribution in [3.63, 3.8) is 0 Å². The van der Waals surface area contributed by atoms with Gasteiger partial charge in [0.05, 0.1) is 6.07 Å². The zero-order valence-corrected chi connectivity index (χ0v) is 13.6. The summed E-state index contributed by atoms with van der Waals surface area (Å²) in [5.41, 5.74) is 1.90. The van der Waals surface area contributed by atoms with Crippen LogP contribution in [-0.4, -0.2) is 11.8 Å². The fourth-order valence-electron chi connectivity index (χ4n) is 2.27. The number of anilines is 1. The van der Waals surface area contributed by atoms with Gasteiger partial charge in [-0.2, -0.15) is 5.26 Å². The number of carbonyl (C=O) groups excluding carboxylic acids is 2. The van der Waals surface area contributed by atoms with Gasteiger partial charge in [0, 0.05) is 18.7 Å². The molecule has 2 aromatic carbocycles. The lowest BCUT2D eigenvalue weighted by Crippen LogP contribution is -2.23. The van der Waals surface area contributed by atoms with Crippen molar-refractivity contribution in [2.45, 2.75) is 25.8 Å². The maximum Gasteiger partial charge on any atom is 0.238 e. The van der Waals surface area contributed by atoms with Gasteiger partial charge in [-0.3, -0.25) is 9.59 Å². The summed E-state index contributed by atoms with van der Waals surface area (Å²) in [7, 11) is 0. The summed E-state index contributed by atoms with van der Waals surface area (Å²) in [6.07, 6.45) is 0.319. The molecule has 0 aliphatic rings. The van der Waals surface area contributed by atoms with Crippen LogP contribution >= 0.6 is 0 Å². The maximum absolute atomic E-state index is 13.5. The van der Waals surface area contributed by atoms with Crippen LogP contribution in [0, 0.1) is 17.1 Å². The molecular formula is C19H18FN3O2. The summed E-state index contributed by atoms with van der Waals surface area (Å²) < 4.78 is 13.5. The minimum Gasteiger partial charge on any atom is -0.352 e. The normalized spacial score (nSPS) is 9.92. The van der Waals surface area contributed by atoms with Gasteiger partial charge < -0.3 is 10.6 Å². The minimum absolute atomic E-state index is 0.179. The number of rotatable bonds is 7. The number of carbonyl (C=O) groups is 2. The molecule has 0 bridgehead atoms. The molecule has 2 rings (SSSR count). The van der Waals surface area contributed by atoms with Crippen LogP contribution in [-0.2, 0) is 22.6 Å². The third-order valence-electron chi connectivity index (χ3n) is 3.52. The third-order valence-corrected chi connectivity index (χ3v) is 3.52. The van der Waals surface area contributed by atoms with Crippen molar-refractivity contribution in [2.24, 2.45) is 0 Å². The molecule has 0 aromatic heterocycles. The Hall–Kier alpha value is -3.20. The summed E-state index contributed by atoms with van der Waals surface area (Å²) in [4.78, 5) is 23.3. The Morgan fingerprint density at radius 1 is 1.08 bits per heavy atom. The van der Waals surface area contributed by atoms with Gasteiger partial charge in [0.15, 0.2) is 0 Å². The Balaban J connectivity index is 1.82. The number of nitrogens with zero attached hydrogens (tertiary/aromatic N) is 1. The highest BCUT2D eigenvalue weighted by molar-refractivity contribution is 5.92. The average Bonchev–Trinajstić information content (AvgIpc) is 2.60. The van der Waals surface area contributed by atoms with E-state index in [-0.39, 0.29) is 30.5 Å². The Morgan fingerprint density at radius 3 is 2.64 bits per heavy atom. The first-order valence-corrected chi connectivity index (χ1v) is 7.84. The van der Waals surface area contributed by atoms with Gasteiger partial charge in [0.1, 0.15) is 12.2 Å². The topological polar surface area (TPSA) is 82.0 Å². The fourth-order valence-corrected chi connectivity index (χ4v) is 2.27. The van der Waals surface area contributed by atoms with Crippen LogP contribution in [0.15, 0.2) is 48.5 Å². The second-order valence-corrected chi connectivity index (χ2v) is 5.45. The van der Waals surface area contributed by atoms with E-state index in [1.807, 2.05) is 6.07 Å². The first kappa shape index (κ1) is 18.1. The largest absolute Gasteiger partial charge is 0.352 e. The van der Waals surface area contributed by atoms with Gasteiger partial charge in [-0.1, -0.05) is 30.3 Å². The molecule has 25 heavy (non-hydrogen) atoms. The fraction of sp³-hybridized carbons (Fsp3) is 0.211. The number of nitrogens with one attached hydrogen (secondary N) is 2. The molecule has 2 N–H and O–H groups in total. The third kappa shape index (κ3) is 6.07. The van der Waals surface area contributed by atoms with Crippen LogP contribution in [0.4, 0.5) is 10.1 Å². The van der Waals surface area contributed by atoms with Crippen molar-refractivity contribution in [3.8, 4) is 6.07 Å². The Morgan fingerprint density at radius 2 is 1.88 bits per heavy atom. The summed E-state index contributed by atoms with van der Waals surface area (Å²) in [6.45, 7) is 0.304. The smallest absolute Gasteiger partial charge is 0.238 e. The summed E-state index contributed by atoms with van der Waals surface area (Å²) in [5, 5.41) is 13.9. The minimum atomic E-state index is -0.381. The molecule has 0 unspecified atom stereocenters. The van der Waals surface area contributed by atoms with Gasteiger partial charge in [0.2, 0.25) is 11.8 Å². The maximum atomic E-state index is 13.5. The van der Waals surface area contributed by atoms with Gasteiger partial charge in [-0.25, -0.2) is 4.39 Å². The molecule has 2 aromatic rings. The molecule has 0 fully saturated rings. The molecule has 0 aliphatic carbocycles. The molecule has 0 saturated carbocycles. The Kier molecular flexibility index (Phi) is 6.66. The predicted molar refractivity (Wildman–Crippen MR) is 91.9 cm³/mol.